The molecule has 4 fully saturated rings. The lowest BCUT2D eigenvalue weighted by molar-refractivity contribution is -0.176. The molecule has 6 nitrogen and oxygen atoms in total. The van der Waals surface area contributed by atoms with Crippen molar-refractivity contribution in [2.75, 3.05) is 37.6 Å². The minimum atomic E-state index is -0.843. The van der Waals surface area contributed by atoms with Crippen LogP contribution in [0.5, 0.6) is 0 Å². The third-order valence-electron chi connectivity index (χ3n) is 15.0. The van der Waals surface area contributed by atoms with Crippen molar-refractivity contribution in [1.82, 2.24) is 9.88 Å². The fourth-order valence-electron chi connectivity index (χ4n) is 12.3. The number of allylic oxidation sites excluding steroid dienone is 4. The highest BCUT2D eigenvalue weighted by atomic mass is 16.3. The fraction of sp³-hybridized carbons (Fsp3) is 0.500. The molecule has 1 aromatic heterocycles. The van der Waals surface area contributed by atoms with Crippen molar-refractivity contribution in [1.29, 1.82) is 0 Å². The van der Waals surface area contributed by atoms with Crippen LogP contribution in [0.3, 0.4) is 0 Å². The Bertz CT molecular complexity index is 1850. The number of ketones is 1. The molecule has 260 valence electrons. The van der Waals surface area contributed by atoms with E-state index in [1.54, 1.807) is 0 Å². The van der Waals surface area contributed by atoms with Crippen LogP contribution < -0.4 is 4.90 Å². The van der Waals surface area contributed by atoms with Gasteiger partial charge in [0.2, 0.25) is 0 Å². The van der Waals surface area contributed by atoms with Gasteiger partial charge >= 0.3 is 0 Å². The molecule has 0 amide bonds. The van der Waals surface area contributed by atoms with Gasteiger partial charge in [-0.25, -0.2) is 4.98 Å². The molecular formula is C44H51N3O3. The lowest BCUT2D eigenvalue weighted by atomic mass is 9.32. The van der Waals surface area contributed by atoms with Crippen molar-refractivity contribution in [2.45, 2.75) is 70.5 Å². The first kappa shape index (κ1) is 32.3. The van der Waals surface area contributed by atoms with Gasteiger partial charge in [-0.15, -0.1) is 0 Å². The first-order valence-corrected chi connectivity index (χ1v) is 19.0. The SMILES string of the molecule is CC12CCC(O)CC13C=CC1(C(C(=O)c4ccccc4-c4ccccc4)=C3)C2CCC2(C)C1CCC2(O)CN1CCN(c2ccccn2)CC1. The second-order valence-corrected chi connectivity index (χ2v) is 17.0. The number of carbonyl (C=O) groups excluding carboxylic acids is 1. The van der Waals surface area contributed by atoms with E-state index in [-0.39, 0.29) is 40.0 Å². The number of β-amino-alcohol motifs (C(OH)–C–C–N with tert-alkyl or cyclic N) is 1. The predicted molar refractivity (Wildman–Crippen MR) is 198 cm³/mol. The number of rotatable bonds is 6. The van der Waals surface area contributed by atoms with Gasteiger partial charge in [0.25, 0.3) is 0 Å². The van der Waals surface area contributed by atoms with Gasteiger partial charge in [-0.05, 0) is 85.5 Å². The zero-order chi connectivity index (χ0) is 34.4. The molecule has 50 heavy (non-hydrogen) atoms. The second kappa shape index (κ2) is 11.5. The van der Waals surface area contributed by atoms with Gasteiger partial charge in [0.1, 0.15) is 5.82 Å². The maximum Gasteiger partial charge on any atom is 0.190 e. The number of pyridine rings is 1. The summed E-state index contributed by atoms with van der Waals surface area (Å²) in [6.07, 6.45) is 14.7. The van der Waals surface area contributed by atoms with E-state index in [1.165, 1.54) is 0 Å². The van der Waals surface area contributed by atoms with Crippen molar-refractivity contribution >= 4 is 11.6 Å². The number of benzene rings is 2. The molecule has 7 aliphatic rings. The van der Waals surface area contributed by atoms with Crippen molar-refractivity contribution in [3.8, 4) is 11.1 Å². The normalized spacial score (nSPS) is 39.0. The van der Waals surface area contributed by atoms with E-state index in [4.69, 9.17) is 0 Å². The molecule has 1 aliphatic heterocycles. The molecule has 3 aromatic rings. The smallest absolute Gasteiger partial charge is 0.190 e. The number of Topliss-reactive ketones (excluding diaryl/α,β-unsaturated/α-hetero) is 1. The van der Waals surface area contributed by atoms with Crippen LogP contribution in [0, 0.1) is 33.5 Å². The highest BCUT2D eigenvalue weighted by Gasteiger charge is 2.74. The number of aliphatic hydroxyl groups is 2. The maximum absolute atomic E-state index is 15.4. The third-order valence-corrected chi connectivity index (χ3v) is 15.0. The molecule has 2 spiro atoms. The molecule has 2 bridgehead atoms. The quantitative estimate of drug-likeness (QED) is 0.211. The molecule has 8 atom stereocenters. The lowest BCUT2D eigenvalue weighted by Crippen LogP contribution is -2.67. The lowest BCUT2D eigenvalue weighted by Gasteiger charge is -2.71. The maximum atomic E-state index is 15.4. The van der Waals surface area contributed by atoms with Crippen molar-refractivity contribution in [3.63, 3.8) is 0 Å². The summed E-state index contributed by atoms with van der Waals surface area (Å²) in [5.41, 5.74) is 1.64. The molecule has 2 N–H and O–H groups in total. The standard InChI is InChI=1S/C44H51N3O3/c1-40-18-15-32(48)28-42(40)21-22-44(35(29-42)39(49)34-13-7-6-12-33(34)31-10-4-3-5-11-31)36(40)16-19-41(2)37(44)17-20-43(41,50)30-46-24-26-47(27-25-46)38-14-8-9-23-45-38/h3-14,21-23,29,32,36-37,48,50H,15-20,24-28,30H2,1-2H3. The van der Waals surface area contributed by atoms with Gasteiger partial charge in [0, 0.05) is 66.3 Å². The Balaban J connectivity index is 1.09. The molecule has 2 heterocycles. The van der Waals surface area contributed by atoms with Crippen LogP contribution in [0.2, 0.25) is 0 Å². The highest BCUT2D eigenvalue weighted by molar-refractivity contribution is 6.14. The number of hydrogen-bond donors (Lipinski definition) is 2. The summed E-state index contributed by atoms with van der Waals surface area (Å²) in [7, 11) is 0. The Morgan fingerprint density at radius 1 is 0.820 bits per heavy atom. The molecule has 2 aromatic carbocycles. The number of hydrogen-bond acceptors (Lipinski definition) is 6. The van der Waals surface area contributed by atoms with Crippen molar-refractivity contribution in [2.24, 2.45) is 33.5 Å². The summed E-state index contributed by atoms with van der Waals surface area (Å²) >= 11 is 0. The molecule has 3 saturated carbocycles. The van der Waals surface area contributed by atoms with E-state index in [9.17, 15) is 10.2 Å². The molecule has 1 saturated heterocycles. The van der Waals surface area contributed by atoms with Crippen LogP contribution in [0.4, 0.5) is 5.82 Å². The molecule has 6 heteroatoms. The monoisotopic (exact) mass is 669 g/mol. The minimum absolute atomic E-state index is 0.0481. The van der Waals surface area contributed by atoms with Crippen LogP contribution in [0.25, 0.3) is 11.1 Å². The summed E-state index contributed by atoms with van der Waals surface area (Å²) in [5, 5.41) is 24.0. The average molecular weight is 670 g/mol. The van der Waals surface area contributed by atoms with Gasteiger partial charge in [0.05, 0.1) is 11.7 Å². The predicted octanol–water partition coefficient (Wildman–Crippen LogP) is 7.34. The highest BCUT2D eigenvalue weighted by Crippen LogP contribution is 2.78. The first-order chi connectivity index (χ1) is 24.1. The number of nitrogens with zero attached hydrogens (tertiary/aromatic N) is 3. The number of aromatic nitrogens is 1. The fourth-order valence-corrected chi connectivity index (χ4v) is 12.3. The van der Waals surface area contributed by atoms with Crippen LogP contribution in [0.15, 0.2) is 103 Å². The van der Waals surface area contributed by atoms with E-state index >= 15 is 4.79 Å². The van der Waals surface area contributed by atoms with E-state index in [0.717, 1.165) is 92.8 Å². The molecule has 0 radical (unpaired) electrons. The number of carbonyl (C=O) groups is 1. The van der Waals surface area contributed by atoms with E-state index in [0.29, 0.717) is 13.0 Å². The molecule has 10 rings (SSSR count). The summed E-state index contributed by atoms with van der Waals surface area (Å²) in [4.78, 5) is 24.8. The Kier molecular flexibility index (Phi) is 7.41. The number of fused-ring (bicyclic) bond motifs is 1. The van der Waals surface area contributed by atoms with Crippen molar-refractivity contribution in [3.05, 3.63) is 108 Å². The zero-order valence-corrected chi connectivity index (χ0v) is 29.6. The molecule has 6 aliphatic carbocycles. The van der Waals surface area contributed by atoms with Crippen molar-refractivity contribution < 1.29 is 15.0 Å². The Labute approximate surface area is 296 Å². The van der Waals surface area contributed by atoms with E-state index < -0.39 is 11.0 Å². The Morgan fingerprint density at radius 2 is 1.52 bits per heavy atom. The summed E-state index contributed by atoms with van der Waals surface area (Å²) in [5.74, 6) is 1.56. The summed E-state index contributed by atoms with van der Waals surface area (Å²) < 4.78 is 0. The van der Waals surface area contributed by atoms with Gasteiger partial charge in [0.15, 0.2) is 5.78 Å². The minimum Gasteiger partial charge on any atom is -0.393 e. The largest absolute Gasteiger partial charge is 0.393 e. The van der Waals surface area contributed by atoms with Gasteiger partial charge < -0.3 is 15.1 Å². The Hall–Kier alpha value is -3.58. The molecule has 8 unspecified atom stereocenters. The number of anilines is 1. The second-order valence-electron chi connectivity index (χ2n) is 17.0. The Morgan fingerprint density at radius 3 is 2.30 bits per heavy atom. The van der Waals surface area contributed by atoms with Gasteiger partial charge in [-0.2, -0.15) is 0 Å². The van der Waals surface area contributed by atoms with E-state index in [1.807, 2.05) is 54.7 Å². The zero-order valence-electron chi connectivity index (χ0n) is 29.6. The summed E-state index contributed by atoms with van der Waals surface area (Å²) in [6, 6.07) is 24.5. The molecular weight excluding hydrogens is 619 g/mol. The topological polar surface area (TPSA) is 76.9 Å². The van der Waals surface area contributed by atoms with Crippen LogP contribution in [-0.2, 0) is 0 Å². The van der Waals surface area contributed by atoms with Crippen LogP contribution in [-0.4, -0.2) is 70.3 Å². The van der Waals surface area contributed by atoms with Crippen LogP contribution in [0.1, 0.15) is 69.2 Å². The number of aliphatic hydroxyl groups excluding tert-OH is 1. The van der Waals surface area contributed by atoms with Gasteiger partial charge in [-0.3, -0.25) is 9.69 Å². The third kappa shape index (κ3) is 4.43. The van der Waals surface area contributed by atoms with E-state index in [2.05, 4.69) is 71.1 Å². The van der Waals surface area contributed by atoms with Crippen LogP contribution >= 0.6 is 0 Å². The van der Waals surface area contributed by atoms with Gasteiger partial charge in [-0.1, -0.05) is 92.7 Å². The number of piperazine rings is 1. The average Bonchev–Trinajstić information content (AvgIpc) is 3.42. The first-order valence-electron chi connectivity index (χ1n) is 19.0. The summed E-state index contributed by atoms with van der Waals surface area (Å²) in [6.45, 7) is 9.08.